The largest absolute Gasteiger partial charge is 0.310 e. The highest BCUT2D eigenvalue weighted by Crippen LogP contribution is 2.43. The van der Waals surface area contributed by atoms with Crippen LogP contribution >= 0.6 is 22.7 Å². The highest BCUT2D eigenvalue weighted by molar-refractivity contribution is 7.25. The lowest BCUT2D eigenvalue weighted by Gasteiger charge is -2.26. The second-order valence-corrected chi connectivity index (χ2v) is 16.1. The van der Waals surface area contributed by atoms with E-state index >= 15 is 0 Å². The van der Waals surface area contributed by atoms with Crippen LogP contribution in [0.5, 0.6) is 0 Å². The van der Waals surface area contributed by atoms with Crippen molar-refractivity contribution in [3.63, 3.8) is 0 Å². The van der Waals surface area contributed by atoms with Gasteiger partial charge in [-0.25, -0.2) is 4.98 Å². The molecule has 0 N–H and O–H groups in total. The summed E-state index contributed by atoms with van der Waals surface area (Å²) in [7, 11) is 0. The summed E-state index contributed by atoms with van der Waals surface area (Å²) < 4.78 is 3.85. The minimum atomic E-state index is 1.05. The first-order valence-electron chi connectivity index (χ1n) is 18.5. The molecule has 0 aliphatic heterocycles. The molecule has 0 saturated heterocycles. The lowest BCUT2D eigenvalue weighted by atomic mass is 9.96. The molecule has 11 aromatic rings. The van der Waals surface area contributed by atoms with E-state index in [1.807, 2.05) is 11.3 Å². The topological polar surface area (TPSA) is 16.1 Å². The normalized spacial score (nSPS) is 11.6. The first-order chi connectivity index (χ1) is 27.2. The first kappa shape index (κ1) is 31.9. The van der Waals surface area contributed by atoms with Gasteiger partial charge in [0.2, 0.25) is 0 Å². The molecule has 0 amide bonds. The van der Waals surface area contributed by atoms with Crippen LogP contribution in [0.25, 0.3) is 84.8 Å². The fourth-order valence-corrected chi connectivity index (χ4v) is 10.2. The number of fused-ring (bicyclic) bond motifs is 8. The zero-order valence-electron chi connectivity index (χ0n) is 29.7. The van der Waals surface area contributed by atoms with Crippen molar-refractivity contribution in [1.82, 2.24) is 4.98 Å². The van der Waals surface area contributed by atoms with E-state index in [9.17, 15) is 0 Å². The van der Waals surface area contributed by atoms with Crippen LogP contribution in [0.4, 0.5) is 17.1 Å². The average Bonchev–Trinajstić information content (AvgIpc) is 3.87. The van der Waals surface area contributed by atoms with E-state index in [1.54, 1.807) is 11.3 Å². The van der Waals surface area contributed by atoms with Crippen LogP contribution in [0.2, 0.25) is 0 Å². The minimum Gasteiger partial charge on any atom is -0.310 e. The molecular formula is C51H32N2S2. The monoisotopic (exact) mass is 736 g/mol. The lowest BCUT2D eigenvalue weighted by Crippen LogP contribution is -2.09. The fraction of sp³-hybridized carbons (Fsp3) is 0. The first-order valence-corrected chi connectivity index (χ1v) is 20.2. The Morgan fingerprint density at radius 2 is 0.927 bits per heavy atom. The van der Waals surface area contributed by atoms with Gasteiger partial charge in [0.15, 0.2) is 0 Å². The van der Waals surface area contributed by atoms with Gasteiger partial charge in [-0.05, 0) is 99.1 Å². The van der Waals surface area contributed by atoms with Gasteiger partial charge in [-0.2, -0.15) is 0 Å². The van der Waals surface area contributed by atoms with Crippen molar-refractivity contribution in [2.45, 2.75) is 0 Å². The molecule has 0 unspecified atom stereocenters. The molecule has 258 valence electrons. The van der Waals surface area contributed by atoms with Crippen molar-refractivity contribution in [3.8, 4) is 32.8 Å². The van der Waals surface area contributed by atoms with Crippen molar-refractivity contribution in [1.29, 1.82) is 0 Å². The van der Waals surface area contributed by atoms with Gasteiger partial charge >= 0.3 is 0 Å². The predicted octanol–water partition coefficient (Wildman–Crippen LogP) is 15.4. The highest BCUT2D eigenvalue weighted by Gasteiger charge is 2.17. The standard InChI is InChI=1S/C51H32N2S2/c1-3-9-33(10-4-1)34-19-24-40(25-20-34)53(42-28-30-48-45(32-42)43-13-7-8-14-47(43)54-48)41-26-21-35(22-27-41)39-18-16-36-15-17-37-23-29-46-50(49(37)44(36)31-39)55-51(52-46)38-11-5-2-6-12-38/h1-32H. The van der Waals surface area contributed by atoms with Crippen LogP contribution in [0, 0.1) is 0 Å². The van der Waals surface area contributed by atoms with Crippen LogP contribution in [0.15, 0.2) is 194 Å². The van der Waals surface area contributed by atoms with Gasteiger partial charge in [-0.3, -0.25) is 0 Å². The predicted molar refractivity (Wildman–Crippen MR) is 239 cm³/mol. The maximum atomic E-state index is 5.06. The Balaban J connectivity index is 1.02. The number of hydrogen-bond donors (Lipinski definition) is 0. The summed E-state index contributed by atoms with van der Waals surface area (Å²) in [6.07, 6.45) is 0. The van der Waals surface area contributed by atoms with Crippen LogP contribution in [-0.2, 0) is 0 Å². The number of rotatable bonds is 6. The molecule has 2 heterocycles. The van der Waals surface area contributed by atoms with Crippen molar-refractivity contribution in [2.75, 3.05) is 4.90 Å². The molecule has 0 aliphatic carbocycles. The van der Waals surface area contributed by atoms with E-state index in [2.05, 4.69) is 199 Å². The van der Waals surface area contributed by atoms with Crippen LogP contribution in [0.3, 0.4) is 0 Å². The quantitative estimate of drug-likeness (QED) is 0.158. The Kier molecular flexibility index (Phi) is 7.58. The number of thiophene rings is 1. The molecule has 55 heavy (non-hydrogen) atoms. The summed E-state index contributed by atoms with van der Waals surface area (Å²) in [6, 6.07) is 70.4. The van der Waals surface area contributed by atoms with Gasteiger partial charge in [0.25, 0.3) is 0 Å². The molecule has 0 saturated carbocycles. The Hall–Kier alpha value is -6.59. The maximum absolute atomic E-state index is 5.06. The smallest absolute Gasteiger partial charge is 0.124 e. The molecule has 0 bridgehead atoms. The summed E-state index contributed by atoms with van der Waals surface area (Å²) in [5, 5.41) is 8.64. The summed E-state index contributed by atoms with van der Waals surface area (Å²) in [6.45, 7) is 0. The molecule has 0 aliphatic rings. The molecule has 9 aromatic carbocycles. The Morgan fingerprint density at radius 3 is 1.69 bits per heavy atom. The summed E-state index contributed by atoms with van der Waals surface area (Å²) in [5.41, 5.74) is 10.4. The molecule has 0 fully saturated rings. The molecule has 2 nitrogen and oxygen atoms in total. The van der Waals surface area contributed by atoms with E-state index in [-0.39, 0.29) is 0 Å². The molecular weight excluding hydrogens is 705 g/mol. The molecule has 11 rings (SSSR count). The Labute approximate surface area is 326 Å². The number of aromatic nitrogens is 1. The number of hydrogen-bond acceptors (Lipinski definition) is 4. The highest BCUT2D eigenvalue weighted by atomic mass is 32.1. The minimum absolute atomic E-state index is 1.05. The summed E-state index contributed by atoms with van der Waals surface area (Å²) >= 11 is 3.64. The van der Waals surface area contributed by atoms with E-state index in [4.69, 9.17) is 4.98 Å². The third-order valence-corrected chi connectivity index (χ3v) is 13.0. The van der Waals surface area contributed by atoms with E-state index < -0.39 is 0 Å². The van der Waals surface area contributed by atoms with Crippen molar-refractivity contribution in [2.24, 2.45) is 0 Å². The third-order valence-electron chi connectivity index (χ3n) is 10.7. The van der Waals surface area contributed by atoms with Gasteiger partial charge in [-0.1, -0.05) is 133 Å². The van der Waals surface area contributed by atoms with Crippen molar-refractivity contribution in [3.05, 3.63) is 194 Å². The zero-order chi connectivity index (χ0) is 36.3. The van der Waals surface area contributed by atoms with E-state index in [0.717, 1.165) is 33.1 Å². The number of thiazole rings is 1. The third kappa shape index (κ3) is 5.58. The van der Waals surface area contributed by atoms with Gasteiger partial charge < -0.3 is 4.90 Å². The molecule has 0 atom stereocenters. The lowest BCUT2D eigenvalue weighted by molar-refractivity contribution is 1.29. The maximum Gasteiger partial charge on any atom is 0.124 e. The van der Waals surface area contributed by atoms with Crippen LogP contribution in [-0.4, -0.2) is 4.98 Å². The molecule has 4 heteroatoms. The summed E-state index contributed by atoms with van der Waals surface area (Å²) in [5.74, 6) is 0. The zero-order valence-corrected chi connectivity index (χ0v) is 31.3. The number of anilines is 3. The average molecular weight is 737 g/mol. The van der Waals surface area contributed by atoms with Crippen molar-refractivity contribution >= 4 is 91.7 Å². The SMILES string of the molecule is c1ccc(-c2ccc(N(c3ccc(-c4ccc5ccc6ccc7nc(-c8ccccc8)sc7c6c5c4)cc3)c3ccc4sc5ccccc5c4c3)cc2)cc1. The van der Waals surface area contributed by atoms with Crippen LogP contribution < -0.4 is 4.90 Å². The van der Waals surface area contributed by atoms with Crippen LogP contribution in [0.1, 0.15) is 0 Å². The van der Waals surface area contributed by atoms with E-state index in [0.29, 0.717) is 0 Å². The van der Waals surface area contributed by atoms with Gasteiger partial charge in [-0.15, -0.1) is 22.7 Å². The molecule has 2 aromatic heterocycles. The van der Waals surface area contributed by atoms with Gasteiger partial charge in [0.05, 0.1) is 10.2 Å². The number of nitrogens with zero attached hydrogens (tertiary/aromatic N) is 2. The molecule has 0 spiro atoms. The second kappa shape index (κ2) is 13.1. The van der Waals surface area contributed by atoms with Crippen molar-refractivity contribution < 1.29 is 0 Å². The second-order valence-electron chi connectivity index (χ2n) is 14.0. The molecule has 0 radical (unpaired) electrons. The number of benzene rings is 9. The van der Waals surface area contributed by atoms with Gasteiger partial charge in [0, 0.05) is 48.2 Å². The van der Waals surface area contributed by atoms with Gasteiger partial charge in [0.1, 0.15) is 5.01 Å². The Morgan fingerprint density at radius 1 is 0.364 bits per heavy atom. The van der Waals surface area contributed by atoms with E-state index in [1.165, 1.54) is 68.7 Å². The Bertz CT molecular complexity index is 3180. The fourth-order valence-electron chi connectivity index (χ4n) is 7.94. The summed E-state index contributed by atoms with van der Waals surface area (Å²) in [4.78, 5) is 7.44.